The SMILES string of the molecule is COc1nc(Nc2ccc(CN3CCOCC3)c(F)c2F)c(C(=O)O)nc1-c1cncc2c1ncn2C.O=CO. The first-order chi connectivity index (χ1) is 19.3. The number of fused-ring (bicyclic) bond motifs is 1. The van der Waals surface area contributed by atoms with Crippen molar-refractivity contribution in [3.8, 4) is 17.1 Å². The number of aryl methyl sites for hydroxylation is 1. The number of aromatic nitrogens is 5. The fourth-order valence-electron chi connectivity index (χ4n) is 4.13. The van der Waals surface area contributed by atoms with E-state index in [-0.39, 0.29) is 41.7 Å². The van der Waals surface area contributed by atoms with Crippen LogP contribution in [0.5, 0.6) is 5.88 Å². The van der Waals surface area contributed by atoms with E-state index in [0.717, 1.165) is 0 Å². The predicted molar refractivity (Wildman–Crippen MR) is 137 cm³/mol. The Morgan fingerprint density at radius 2 is 1.93 bits per heavy atom. The third-order valence-corrected chi connectivity index (χ3v) is 6.07. The predicted octanol–water partition coefficient (Wildman–Crippen LogP) is 2.69. The molecule has 40 heavy (non-hydrogen) atoms. The smallest absolute Gasteiger partial charge is 0.358 e. The van der Waals surface area contributed by atoms with E-state index in [1.807, 2.05) is 4.90 Å². The molecule has 0 bridgehead atoms. The number of ether oxygens (including phenoxy) is 2. The molecule has 0 aliphatic carbocycles. The Kier molecular flexibility index (Phi) is 8.76. The molecule has 1 aromatic carbocycles. The summed E-state index contributed by atoms with van der Waals surface area (Å²) in [6.07, 6.45) is 4.67. The molecule has 3 aromatic heterocycles. The fraction of sp³-hybridized carbons (Fsp3) is 0.280. The minimum Gasteiger partial charge on any atom is -0.483 e. The second-order valence-corrected chi connectivity index (χ2v) is 8.51. The summed E-state index contributed by atoms with van der Waals surface area (Å²) in [4.78, 5) is 39.4. The van der Waals surface area contributed by atoms with Crippen molar-refractivity contribution in [3.63, 3.8) is 0 Å². The lowest BCUT2D eigenvalue weighted by molar-refractivity contribution is -0.122. The summed E-state index contributed by atoms with van der Waals surface area (Å²) in [5.74, 6) is -3.97. The van der Waals surface area contributed by atoms with E-state index in [9.17, 15) is 14.3 Å². The molecule has 1 saturated heterocycles. The van der Waals surface area contributed by atoms with Gasteiger partial charge in [0.1, 0.15) is 11.2 Å². The molecule has 0 radical (unpaired) electrons. The summed E-state index contributed by atoms with van der Waals surface area (Å²) in [5.41, 5.74) is 1.08. The average Bonchev–Trinajstić information content (AvgIpc) is 3.34. The number of methoxy groups -OCH3 is 1. The first-order valence-electron chi connectivity index (χ1n) is 11.9. The molecule has 4 aromatic rings. The van der Waals surface area contributed by atoms with Crippen LogP contribution in [0.3, 0.4) is 0 Å². The number of benzene rings is 1. The fourth-order valence-corrected chi connectivity index (χ4v) is 4.13. The van der Waals surface area contributed by atoms with Gasteiger partial charge in [0.2, 0.25) is 5.88 Å². The molecule has 3 N–H and O–H groups in total. The monoisotopic (exact) mass is 557 g/mol. The van der Waals surface area contributed by atoms with E-state index in [1.165, 1.54) is 25.4 Å². The van der Waals surface area contributed by atoms with Crippen molar-refractivity contribution in [2.24, 2.45) is 7.05 Å². The number of pyridine rings is 1. The highest BCUT2D eigenvalue weighted by Crippen LogP contribution is 2.34. The van der Waals surface area contributed by atoms with Gasteiger partial charge in [-0.1, -0.05) is 6.07 Å². The van der Waals surface area contributed by atoms with Crippen LogP contribution < -0.4 is 10.1 Å². The van der Waals surface area contributed by atoms with E-state index in [0.29, 0.717) is 42.9 Å². The van der Waals surface area contributed by atoms with Gasteiger partial charge in [-0.25, -0.2) is 23.5 Å². The van der Waals surface area contributed by atoms with Crippen molar-refractivity contribution in [2.45, 2.75) is 6.54 Å². The summed E-state index contributed by atoms with van der Waals surface area (Å²) >= 11 is 0. The Bertz CT molecular complexity index is 1540. The number of nitrogens with zero attached hydrogens (tertiary/aromatic N) is 6. The Labute approximate surface area is 226 Å². The van der Waals surface area contributed by atoms with Gasteiger partial charge in [0.15, 0.2) is 23.1 Å². The highest BCUT2D eigenvalue weighted by atomic mass is 19.2. The van der Waals surface area contributed by atoms with Crippen LogP contribution in [0.1, 0.15) is 16.1 Å². The molecule has 5 rings (SSSR count). The lowest BCUT2D eigenvalue weighted by atomic mass is 10.1. The van der Waals surface area contributed by atoms with Crippen LogP contribution in [0.2, 0.25) is 0 Å². The second kappa shape index (κ2) is 12.4. The van der Waals surface area contributed by atoms with E-state index in [4.69, 9.17) is 19.4 Å². The zero-order chi connectivity index (χ0) is 28.8. The van der Waals surface area contributed by atoms with Gasteiger partial charge in [0, 0.05) is 38.4 Å². The molecule has 0 saturated carbocycles. The van der Waals surface area contributed by atoms with E-state index in [2.05, 4.69) is 25.3 Å². The zero-order valence-corrected chi connectivity index (χ0v) is 21.5. The lowest BCUT2D eigenvalue weighted by Crippen LogP contribution is -2.35. The third kappa shape index (κ3) is 5.79. The van der Waals surface area contributed by atoms with Crippen LogP contribution >= 0.6 is 0 Å². The summed E-state index contributed by atoms with van der Waals surface area (Å²) in [6, 6.07) is 2.78. The third-order valence-electron chi connectivity index (χ3n) is 6.07. The van der Waals surface area contributed by atoms with Crippen LogP contribution in [0.15, 0.2) is 30.9 Å². The molecule has 0 amide bonds. The van der Waals surface area contributed by atoms with Crippen LogP contribution in [0, 0.1) is 11.6 Å². The number of carboxylic acid groups (broad SMARTS) is 2. The Morgan fingerprint density at radius 3 is 2.60 bits per heavy atom. The van der Waals surface area contributed by atoms with Gasteiger partial charge in [-0.3, -0.25) is 14.7 Å². The number of aromatic carboxylic acids is 1. The van der Waals surface area contributed by atoms with Gasteiger partial charge >= 0.3 is 5.97 Å². The van der Waals surface area contributed by atoms with Crippen molar-refractivity contribution in [3.05, 3.63) is 53.7 Å². The number of anilines is 2. The van der Waals surface area contributed by atoms with Crippen LogP contribution in [-0.4, -0.2) is 85.5 Å². The summed E-state index contributed by atoms with van der Waals surface area (Å²) in [5, 5.41) is 19.3. The molecule has 1 aliphatic heterocycles. The summed E-state index contributed by atoms with van der Waals surface area (Å²) < 4.78 is 42.3. The van der Waals surface area contributed by atoms with Crippen molar-refractivity contribution in [2.75, 3.05) is 38.7 Å². The number of rotatable bonds is 7. The average molecular weight is 558 g/mol. The van der Waals surface area contributed by atoms with Gasteiger partial charge in [0.05, 0.1) is 49.6 Å². The zero-order valence-electron chi connectivity index (χ0n) is 21.5. The molecule has 4 heterocycles. The highest BCUT2D eigenvalue weighted by molar-refractivity contribution is 5.95. The van der Waals surface area contributed by atoms with Gasteiger partial charge in [0.25, 0.3) is 6.47 Å². The summed E-state index contributed by atoms with van der Waals surface area (Å²) in [6.45, 7) is 2.27. The van der Waals surface area contributed by atoms with Gasteiger partial charge in [-0.2, -0.15) is 4.98 Å². The topological polar surface area (TPSA) is 165 Å². The van der Waals surface area contributed by atoms with Gasteiger partial charge < -0.3 is 29.6 Å². The van der Waals surface area contributed by atoms with Crippen LogP contribution in [0.4, 0.5) is 20.3 Å². The second-order valence-electron chi connectivity index (χ2n) is 8.51. The summed E-state index contributed by atoms with van der Waals surface area (Å²) in [7, 11) is 3.13. The highest BCUT2D eigenvalue weighted by Gasteiger charge is 2.25. The number of hydrogen-bond acceptors (Lipinski definition) is 10. The Hall–Kier alpha value is -4.76. The molecule has 13 nitrogen and oxygen atoms in total. The van der Waals surface area contributed by atoms with E-state index >= 15 is 4.39 Å². The maximum Gasteiger partial charge on any atom is 0.358 e. The number of hydrogen-bond donors (Lipinski definition) is 3. The standard InChI is InChI=1S/C24H23F2N7O4.CH2O2/c1-32-12-28-19-14(9-27-10-16(19)32)20-23(36-2)31-22(21(30-20)24(34)35)29-15-4-3-13(17(25)18(15)26)11-33-5-7-37-8-6-33;2-1-3/h3-4,9-10,12H,5-8,11H2,1-2H3,(H,29,31)(H,34,35);1H,(H,2,3). The van der Waals surface area contributed by atoms with Crippen molar-refractivity contribution < 1.29 is 38.1 Å². The molecule has 210 valence electrons. The largest absolute Gasteiger partial charge is 0.483 e. The quantitative estimate of drug-likeness (QED) is 0.285. The number of carbonyl (C=O) groups is 2. The molecular weight excluding hydrogens is 532 g/mol. The minimum absolute atomic E-state index is 0.0442. The maximum atomic E-state index is 15.0. The molecule has 15 heteroatoms. The van der Waals surface area contributed by atoms with Gasteiger partial charge in [-0.15, -0.1) is 0 Å². The van der Waals surface area contributed by atoms with Crippen molar-refractivity contribution in [1.82, 2.24) is 29.4 Å². The van der Waals surface area contributed by atoms with Crippen molar-refractivity contribution in [1.29, 1.82) is 0 Å². The molecule has 1 fully saturated rings. The van der Waals surface area contributed by atoms with Crippen LogP contribution in [-0.2, 0) is 23.1 Å². The number of morpholine rings is 1. The number of halogens is 2. The number of imidazole rings is 1. The number of carboxylic acids is 1. The molecule has 0 atom stereocenters. The van der Waals surface area contributed by atoms with Crippen molar-refractivity contribution >= 4 is 35.0 Å². The van der Waals surface area contributed by atoms with Crippen LogP contribution in [0.25, 0.3) is 22.3 Å². The minimum atomic E-state index is -1.43. The first-order valence-corrected chi connectivity index (χ1v) is 11.9. The maximum absolute atomic E-state index is 15.0. The normalized spacial score (nSPS) is 13.4. The Balaban J connectivity index is 0.00000118. The van der Waals surface area contributed by atoms with E-state index in [1.54, 1.807) is 24.1 Å². The Morgan fingerprint density at radius 1 is 1.20 bits per heavy atom. The van der Waals surface area contributed by atoms with Gasteiger partial charge in [-0.05, 0) is 6.07 Å². The lowest BCUT2D eigenvalue weighted by Gasteiger charge is -2.26. The molecule has 0 unspecified atom stereocenters. The molecule has 0 spiro atoms. The van der Waals surface area contributed by atoms with E-state index < -0.39 is 23.3 Å². The molecular formula is C25H25F2N7O6. The first kappa shape index (κ1) is 28.3. The number of nitrogens with one attached hydrogen (secondary N) is 1. The molecule has 1 aliphatic rings.